The van der Waals surface area contributed by atoms with Crippen molar-refractivity contribution in [1.82, 2.24) is 5.32 Å². The van der Waals surface area contributed by atoms with Crippen molar-refractivity contribution in [3.05, 3.63) is 30.1 Å². The Morgan fingerprint density at radius 2 is 1.73 bits per heavy atom. The molecule has 1 aliphatic heterocycles. The minimum atomic E-state index is -0.333. The first-order valence-corrected chi connectivity index (χ1v) is 9.60. The summed E-state index contributed by atoms with van der Waals surface area (Å²) in [5.74, 6) is -0.0542. The van der Waals surface area contributed by atoms with Gasteiger partial charge in [-0.25, -0.2) is 4.39 Å². The number of anilines is 1. The third kappa shape index (κ3) is 4.25. The average molecular weight is 360 g/mol. The van der Waals surface area contributed by atoms with Crippen LogP contribution < -0.4 is 10.2 Å². The number of hydrogen-bond donors (Lipinski definition) is 1. The van der Waals surface area contributed by atoms with E-state index >= 15 is 0 Å². The highest BCUT2D eigenvalue weighted by Gasteiger charge is 2.37. The van der Waals surface area contributed by atoms with E-state index in [0.29, 0.717) is 23.6 Å². The van der Waals surface area contributed by atoms with Crippen LogP contribution in [0.4, 0.5) is 10.1 Å². The maximum absolute atomic E-state index is 13.1. The average Bonchev–Trinajstić information content (AvgIpc) is 2.97. The van der Waals surface area contributed by atoms with Crippen LogP contribution in [0.2, 0.25) is 0 Å². The number of rotatable bonds is 3. The van der Waals surface area contributed by atoms with Crippen molar-refractivity contribution < 1.29 is 14.0 Å². The Balaban J connectivity index is 1.53. The van der Waals surface area contributed by atoms with Crippen molar-refractivity contribution in [2.75, 3.05) is 11.4 Å². The van der Waals surface area contributed by atoms with Crippen LogP contribution in [0, 0.1) is 23.1 Å². The van der Waals surface area contributed by atoms with Crippen molar-refractivity contribution in [2.45, 2.75) is 58.9 Å². The van der Waals surface area contributed by atoms with Crippen molar-refractivity contribution >= 4 is 17.5 Å². The van der Waals surface area contributed by atoms with Gasteiger partial charge in [-0.15, -0.1) is 0 Å². The number of benzene rings is 1. The molecule has 0 unspecified atom stereocenters. The molecule has 1 aliphatic carbocycles. The van der Waals surface area contributed by atoms with Gasteiger partial charge in [-0.3, -0.25) is 9.59 Å². The lowest BCUT2D eigenvalue weighted by Gasteiger charge is -2.37. The summed E-state index contributed by atoms with van der Waals surface area (Å²) in [4.78, 5) is 26.5. The third-order valence-electron chi connectivity index (χ3n) is 5.93. The molecule has 4 nitrogen and oxygen atoms in total. The number of nitrogens with zero attached hydrogens (tertiary/aromatic N) is 1. The topological polar surface area (TPSA) is 49.4 Å². The fourth-order valence-corrected chi connectivity index (χ4v) is 4.18. The zero-order valence-corrected chi connectivity index (χ0v) is 15.9. The Kier molecular flexibility index (Phi) is 5.35. The predicted octanol–water partition coefficient (Wildman–Crippen LogP) is 3.90. The summed E-state index contributed by atoms with van der Waals surface area (Å²) in [6.45, 7) is 7.22. The summed E-state index contributed by atoms with van der Waals surface area (Å²) in [6.07, 6.45) is 4.52. The second kappa shape index (κ2) is 7.37. The molecule has 26 heavy (non-hydrogen) atoms. The van der Waals surface area contributed by atoms with Crippen LogP contribution >= 0.6 is 0 Å². The number of nitrogens with one attached hydrogen (secondary N) is 1. The van der Waals surface area contributed by atoms with Crippen LogP contribution in [0.25, 0.3) is 0 Å². The lowest BCUT2D eigenvalue weighted by molar-refractivity contribution is -0.127. The van der Waals surface area contributed by atoms with E-state index < -0.39 is 0 Å². The van der Waals surface area contributed by atoms with Gasteiger partial charge in [0.15, 0.2) is 0 Å². The van der Waals surface area contributed by atoms with E-state index in [1.807, 2.05) is 0 Å². The highest BCUT2D eigenvalue weighted by molar-refractivity contribution is 6.00. The molecule has 5 heteroatoms. The van der Waals surface area contributed by atoms with Crippen LogP contribution in [-0.4, -0.2) is 24.4 Å². The van der Waals surface area contributed by atoms with Crippen molar-refractivity contribution in [1.29, 1.82) is 0 Å². The number of carbonyl (C=O) groups excluding carboxylic acids is 2. The normalized spacial score (nSPS) is 26.8. The Morgan fingerprint density at radius 1 is 1.12 bits per heavy atom. The quantitative estimate of drug-likeness (QED) is 0.889. The molecule has 3 rings (SSSR count). The number of hydrogen-bond acceptors (Lipinski definition) is 2. The maximum atomic E-state index is 13.1. The molecular weight excluding hydrogens is 331 g/mol. The summed E-state index contributed by atoms with van der Waals surface area (Å²) in [7, 11) is 0. The largest absolute Gasteiger partial charge is 0.353 e. The van der Waals surface area contributed by atoms with Gasteiger partial charge in [0.1, 0.15) is 5.82 Å². The molecule has 1 saturated carbocycles. The van der Waals surface area contributed by atoms with E-state index in [-0.39, 0.29) is 36.0 Å². The predicted molar refractivity (Wildman–Crippen MR) is 100 cm³/mol. The molecule has 2 fully saturated rings. The van der Waals surface area contributed by atoms with E-state index in [0.717, 1.165) is 25.7 Å². The number of halogens is 1. The highest BCUT2D eigenvalue weighted by Crippen LogP contribution is 2.38. The van der Waals surface area contributed by atoms with E-state index in [1.54, 1.807) is 17.0 Å². The molecule has 0 aromatic heterocycles. The van der Waals surface area contributed by atoms with Crippen LogP contribution in [0.15, 0.2) is 24.3 Å². The second-order valence-corrected chi connectivity index (χ2v) is 8.80. The molecule has 1 aromatic carbocycles. The molecule has 0 spiro atoms. The first-order chi connectivity index (χ1) is 12.2. The SMILES string of the molecule is CC(C)(C)C1CCC(NC(=O)[C@H]2CC(=O)N(c3ccc(F)cc3)C2)CC1. The van der Waals surface area contributed by atoms with Gasteiger partial charge in [-0.2, -0.15) is 0 Å². The first kappa shape index (κ1) is 18.9. The Hall–Kier alpha value is -1.91. The van der Waals surface area contributed by atoms with Gasteiger partial charge >= 0.3 is 0 Å². The highest BCUT2D eigenvalue weighted by atomic mass is 19.1. The van der Waals surface area contributed by atoms with E-state index in [9.17, 15) is 14.0 Å². The zero-order chi connectivity index (χ0) is 18.9. The van der Waals surface area contributed by atoms with Crippen LogP contribution in [0.3, 0.4) is 0 Å². The molecule has 1 heterocycles. The van der Waals surface area contributed by atoms with Crippen LogP contribution in [0.5, 0.6) is 0 Å². The molecule has 142 valence electrons. The molecule has 1 saturated heterocycles. The van der Waals surface area contributed by atoms with Crippen molar-refractivity contribution in [3.63, 3.8) is 0 Å². The lowest BCUT2D eigenvalue weighted by Crippen LogP contribution is -2.42. The molecule has 2 amide bonds. The molecule has 2 aliphatic rings. The maximum Gasteiger partial charge on any atom is 0.227 e. The lowest BCUT2D eigenvalue weighted by atomic mass is 9.71. The second-order valence-electron chi connectivity index (χ2n) is 8.80. The zero-order valence-electron chi connectivity index (χ0n) is 15.9. The van der Waals surface area contributed by atoms with E-state index in [4.69, 9.17) is 0 Å². The third-order valence-corrected chi connectivity index (χ3v) is 5.93. The van der Waals surface area contributed by atoms with E-state index in [2.05, 4.69) is 26.1 Å². The fraction of sp³-hybridized carbons (Fsp3) is 0.619. The van der Waals surface area contributed by atoms with Gasteiger partial charge in [0, 0.05) is 24.7 Å². The summed E-state index contributed by atoms with van der Waals surface area (Å²) < 4.78 is 13.1. The smallest absolute Gasteiger partial charge is 0.227 e. The summed E-state index contributed by atoms with van der Waals surface area (Å²) in [5.41, 5.74) is 0.972. The molecule has 1 N–H and O–H groups in total. The van der Waals surface area contributed by atoms with Gasteiger partial charge in [-0.05, 0) is 61.3 Å². The van der Waals surface area contributed by atoms with Crippen LogP contribution in [0.1, 0.15) is 52.9 Å². The van der Waals surface area contributed by atoms with Gasteiger partial charge < -0.3 is 10.2 Å². The van der Waals surface area contributed by atoms with Gasteiger partial charge in [-0.1, -0.05) is 20.8 Å². The van der Waals surface area contributed by atoms with Crippen molar-refractivity contribution in [3.8, 4) is 0 Å². The van der Waals surface area contributed by atoms with Crippen LogP contribution in [-0.2, 0) is 9.59 Å². The first-order valence-electron chi connectivity index (χ1n) is 9.60. The molecule has 0 radical (unpaired) electrons. The minimum absolute atomic E-state index is 0.0258. The molecular formula is C21H29FN2O2. The molecule has 0 bridgehead atoms. The Bertz CT molecular complexity index is 658. The Morgan fingerprint density at radius 3 is 2.31 bits per heavy atom. The standard InChI is InChI=1S/C21H29FN2O2/c1-21(2,3)15-4-8-17(9-5-15)23-20(26)14-12-19(25)24(13-14)18-10-6-16(22)7-11-18/h6-7,10-11,14-15,17H,4-5,8-9,12-13H2,1-3H3,(H,23,26)/t14-,15?,17?/m0/s1. The number of carbonyl (C=O) groups is 2. The molecule has 1 aromatic rings. The van der Waals surface area contributed by atoms with Gasteiger partial charge in [0.25, 0.3) is 0 Å². The van der Waals surface area contributed by atoms with E-state index in [1.165, 1.54) is 12.1 Å². The number of amides is 2. The summed E-state index contributed by atoms with van der Waals surface area (Å²) in [6, 6.07) is 6.06. The molecule has 1 atom stereocenters. The van der Waals surface area contributed by atoms with Gasteiger partial charge in [0.05, 0.1) is 5.92 Å². The monoisotopic (exact) mass is 360 g/mol. The minimum Gasteiger partial charge on any atom is -0.353 e. The fourth-order valence-electron chi connectivity index (χ4n) is 4.18. The summed E-state index contributed by atoms with van der Waals surface area (Å²) >= 11 is 0. The Labute approximate surface area is 155 Å². The van der Waals surface area contributed by atoms with Crippen molar-refractivity contribution in [2.24, 2.45) is 17.3 Å². The van der Waals surface area contributed by atoms with Gasteiger partial charge in [0.2, 0.25) is 11.8 Å². The summed E-state index contributed by atoms with van der Waals surface area (Å²) in [5, 5.41) is 3.16.